The van der Waals surface area contributed by atoms with Crippen LogP contribution in [-0.2, 0) is 66.1 Å². The van der Waals surface area contributed by atoms with E-state index in [9.17, 15) is 47.0 Å². The summed E-state index contributed by atoms with van der Waals surface area (Å²) in [7, 11) is 2.62. The molecule has 5 heterocycles. The van der Waals surface area contributed by atoms with Crippen LogP contribution in [0.15, 0.2) is 146 Å². The molecule has 5 N–H and O–H groups in total. The zero-order chi connectivity index (χ0) is 82.2. The van der Waals surface area contributed by atoms with Crippen molar-refractivity contribution in [1.82, 2.24) is 14.7 Å². The van der Waals surface area contributed by atoms with Crippen molar-refractivity contribution >= 4 is 52.1 Å². The molecule has 5 aliphatic heterocycles. The van der Waals surface area contributed by atoms with Crippen molar-refractivity contribution in [2.24, 2.45) is 16.6 Å². The van der Waals surface area contributed by atoms with Crippen LogP contribution >= 0.6 is 15.9 Å². The molecule has 0 spiro atoms. The van der Waals surface area contributed by atoms with E-state index in [0.29, 0.717) is 95.1 Å². The van der Waals surface area contributed by atoms with E-state index in [4.69, 9.17) is 48.4 Å². The summed E-state index contributed by atoms with van der Waals surface area (Å²) in [5.74, 6) is -0.913. The van der Waals surface area contributed by atoms with E-state index in [-0.39, 0.29) is 125 Å². The topological polar surface area (TPSA) is 301 Å². The summed E-state index contributed by atoms with van der Waals surface area (Å²) in [6, 6.07) is 37.7. The van der Waals surface area contributed by atoms with Crippen LogP contribution in [0.1, 0.15) is 220 Å². The fourth-order valence-corrected chi connectivity index (χ4v) is 13.5. The summed E-state index contributed by atoms with van der Waals surface area (Å²) in [5, 5.41) is 10.0. The van der Waals surface area contributed by atoms with E-state index in [1.807, 2.05) is 30.3 Å². The van der Waals surface area contributed by atoms with Gasteiger partial charge in [-0.1, -0.05) is 148 Å². The normalized spacial score (nSPS) is 19.4. The number of rotatable bonds is 13. The summed E-state index contributed by atoms with van der Waals surface area (Å²) in [4.78, 5) is 78.7. The van der Waals surface area contributed by atoms with Crippen LogP contribution in [-0.4, -0.2) is 141 Å². The molecule has 0 bridgehead atoms. The Balaban J connectivity index is 0.000000497. The number of aromatic hydroxyl groups is 1. The smallest absolute Gasteiger partial charge is 0.870 e. The number of esters is 2. The Morgan fingerprint density at radius 1 is 0.435 bits per heavy atom. The number of nitrogens with two attached hydrogens (primary N) is 1. The molecular formula is C87H118BrF3N4Na2O18. The molecule has 11 rings (SSSR count). The number of alkyl halides is 1. The Morgan fingerprint density at radius 2 is 0.722 bits per heavy atom. The molecule has 0 aromatic heterocycles. The van der Waals surface area contributed by atoms with Gasteiger partial charge >= 0.3 is 89.3 Å². The van der Waals surface area contributed by atoms with Crippen molar-refractivity contribution in [1.29, 1.82) is 0 Å². The number of methoxy groups -OCH3 is 2. The minimum Gasteiger partial charge on any atom is -0.870 e. The van der Waals surface area contributed by atoms with Gasteiger partial charge in [-0.15, -0.1) is 0 Å². The molecule has 22 nitrogen and oxygen atoms in total. The van der Waals surface area contributed by atoms with E-state index < -0.39 is 71.1 Å². The van der Waals surface area contributed by atoms with Crippen molar-refractivity contribution in [3.05, 3.63) is 196 Å². The minimum atomic E-state index is -0.707. The van der Waals surface area contributed by atoms with Gasteiger partial charge in [-0.05, 0) is 214 Å². The number of primary amides is 1. The minimum absolute atomic E-state index is 0. The molecule has 6 aromatic rings. The molecular weight excluding hydrogens is 1570 g/mol. The summed E-state index contributed by atoms with van der Waals surface area (Å²) >= 11 is 3.17. The second-order valence-electron chi connectivity index (χ2n) is 32.9. The molecule has 0 saturated carbocycles. The fraction of sp³-hybridized carbons (Fsp3) is 0.517. The summed E-state index contributed by atoms with van der Waals surface area (Å²) < 4.78 is 88.6. The average Bonchev–Trinajstić information content (AvgIpc) is 1.67. The fourth-order valence-electron chi connectivity index (χ4n) is 13.1. The number of halogens is 4. The van der Waals surface area contributed by atoms with E-state index in [2.05, 4.69) is 57.5 Å². The molecule has 624 valence electrons. The molecule has 2 unspecified atom stereocenters. The number of ether oxygens (including phenoxy) is 9. The monoisotopic (exact) mass is 1690 g/mol. The number of carbonyl (C=O) groups excluding carboxylic acids is 6. The Bertz CT molecular complexity index is 3930. The quantitative estimate of drug-likeness (QED) is 0.0470. The molecule has 0 radical (unpaired) electrons. The van der Waals surface area contributed by atoms with E-state index in [1.165, 1.54) is 72.8 Å². The van der Waals surface area contributed by atoms with Gasteiger partial charge in [0.2, 0.25) is 5.91 Å². The number of amides is 4. The second-order valence-corrected chi connectivity index (χ2v) is 33.4. The summed E-state index contributed by atoms with van der Waals surface area (Å²) in [6.45, 7) is 31.6. The predicted molar refractivity (Wildman–Crippen MR) is 427 cm³/mol. The maximum atomic E-state index is 13.8. The van der Waals surface area contributed by atoms with Gasteiger partial charge in [-0.2, -0.15) is 0 Å². The number of hydrogen-bond acceptors (Lipinski definition) is 18. The van der Waals surface area contributed by atoms with Gasteiger partial charge in [0, 0.05) is 29.7 Å². The molecule has 0 aliphatic carbocycles. The van der Waals surface area contributed by atoms with Crippen molar-refractivity contribution in [3.63, 3.8) is 0 Å². The number of carbonyl (C=O) groups is 6. The molecule has 5 saturated heterocycles. The van der Waals surface area contributed by atoms with Gasteiger partial charge in [0.25, 0.3) is 0 Å². The maximum Gasteiger partial charge on any atom is 1.00 e. The number of nitrogens with zero attached hydrogens (tertiary/aromatic N) is 3. The first-order valence-corrected chi connectivity index (χ1v) is 39.0. The van der Waals surface area contributed by atoms with Crippen molar-refractivity contribution in [3.8, 4) is 17.2 Å². The number of benzene rings is 6. The third-order valence-electron chi connectivity index (χ3n) is 18.6. The predicted octanol–water partition coefficient (Wildman–Crippen LogP) is 13.2. The zero-order valence-corrected chi connectivity index (χ0v) is 76.1. The standard InChI is InChI=1S/C24H28FNO5.C23H27FN2O4.C17H23NO5.2C8H16O.C7H6BrF.2Na.2H2O/c1-24(2,3)31-23(28)26-20(13-14-21(26)22(27)29-4)16-9-11-18(12-10-16)30-15-17-7-5-6-8-19(17)25;1-23(2,3)30-22(28)26-19(12-13-20(26)21(25)27)15-8-10-17(11-9-15)29-14-16-6-4-5-7-18(16)24;1-17(2,3)23-16(21)18-13(9-10-14(18)15(20)22-4)11-5-7-12(19)8-6-11;2*1-8(2,3)7-5-4-6-9-7;8-5-6-3-1-2-4-7(6)9;;;;/h5-12,20-21H,13-15H2,1-4H3;4-11,19-20H,12-14H2,1-3H3,(H2,25,27);5-8,13-14,19H,9-10H2,1-4H3;2*7H,4-6H2,1-3H3;1-4H,5H2;;;2*1H2/q;;;;;;2*+1;;/p-2/t20-,21+;19-,20+;13-,14+;;;;;;;/m111......./s1. The molecule has 28 heteroatoms. The van der Waals surface area contributed by atoms with Crippen LogP contribution in [0.4, 0.5) is 27.6 Å². The zero-order valence-electron chi connectivity index (χ0n) is 70.5. The van der Waals surface area contributed by atoms with Gasteiger partial charge in [-0.25, -0.2) is 37.1 Å². The maximum absolute atomic E-state index is 13.8. The molecule has 8 atom stereocenters. The first-order valence-electron chi connectivity index (χ1n) is 37.9. The molecule has 115 heavy (non-hydrogen) atoms. The van der Waals surface area contributed by atoms with Gasteiger partial charge in [0.05, 0.1) is 44.6 Å². The van der Waals surface area contributed by atoms with Crippen molar-refractivity contribution in [2.45, 2.75) is 252 Å². The van der Waals surface area contributed by atoms with Crippen LogP contribution < -0.4 is 74.3 Å². The van der Waals surface area contributed by atoms with Crippen LogP contribution in [0.2, 0.25) is 0 Å². The third kappa shape index (κ3) is 33.4. The van der Waals surface area contributed by atoms with Crippen LogP contribution in [0.25, 0.3) is 0 Å². The Hall–Kier alpha value is -6.95. The summed E-state index contributed by atoms with van der Waals surface area (Å²) in [5.41, 5.74) is 8.42. The van der Waals surface area contributed by atoms with E-state index >= 15 is 0 Å². The Morgan fingerprint density at radius 3 is 0.965 bits per heavy atom. The summed E-state index contributed by atoms with van der Waals surface area (Å²) in [6.07, 6.45) is 7.69. The number of likely N-dealkylation sites (tertiary alicyclic amines) is 3. The van der Waals surface area contributed by atoms with Gasteiger partial charge < -0.3 is 64.4 Å². The molecule has 5 aliphatic rings. The third-order valence-corrected chi connectivity index (χ3v) is 19.3. The van der Waals surface area contributed by atoms with Crippen molar-refractivity contribution < 1.29 is 160 Å². The average molecular weight is 1690 g/mol. The Labute approximate surface area is 730 Å². The number of phenolic OH excluding ortho intramolecular Hbond substituents is 1. The van der Waals surface area contributed by atoms with E-state index in [1.54, 1.807) is 159 Å². The van der Waals surface area contributed by atoms with Gasteiger partial charge in [-0.3, -0.25) is 19.5 Å². The molecule has 4 amide bonds. The number of phenols is 1. The Kier molecular flexibility index (Phi) is 43.6. The van der Waals surface area contributed by atoms with E-state index in [0.717, 1.165) is 29.9 Å². The second kappa shape index (κ2) is 48.2. The largest absolute Gasteiger partial charge is 1.00 e. The van der Waals surface area contributed by atoms with Crippen molar-refractivity contribution in [2.75, 3.05) is 27.4 Å². The SMILES string of the molecule is CC(C)(C)C1CCCO1.CC(C)(C)C1CCCO1.CC(C)(C)OC(=O)N1[C@@H](c2ccc(OCc3ccccc3F)cc2)CC[C@H]1C(N)=O.COC(=O)[C@@H]1CC[C@H](c2ccc(O)cc2)N1C(=O)OC(C)(C)C.COC(=O)[C@@H]1CC[C@H](c2ccc(OCc3ccccc3F)cc2)N1C(=O)OC(C)(C)C.Fc1ccccc1CBr.[Na+].[Na+].[OH-].[OH-]. The van der Waals surface area contributed by atoms with Crippen LogP contribution in [0, 0.1) is 28.3 Å². The van der Waals surface area contributed by atoms with Crippen LogP contribution in [0.3, 0.4) is 0 Å². The molecule has 6 aromatic carbocycles. The first-order chi connectivity index (χ1) is 52.1. The van der Waals surface area contributed by atoms with Gasteiger partial charge in [0.1, 0.15) is 82.8 Å². The number of hydrogen-bond donors (Lipinski definition) is 2. The van der Waals surface area contributed by atoms with Gasteiger partial charge in [0.15, 0.2) is 0 Å². The first kappa shape index (κ1) is 104. The molecule has 5 fully saturated rings. The van der Waals surface area contributed by atoms with Crippen LogP contribution in [0.5, 0.6) is 17.2 Å².